The molecule has 2 N–H and O–H groups in total. The number of aromatic nitrogens is 1. The van der Waals surface area contributed by atoms with Crippen molar-refractivity contribution in [3.8, 4) is 0 Å². The van der Waals surface area contributed by atoms with Crippen molar-refractivity contribution in [1.82, 2.24) is 10.3 Å². The third-order valence-electron chi connectivity index (χ3n) is 4.30. The number of carbonyl (C=O) groups excluding carboxylic acids is 1. The molecule has 20 heavy (non-hydrogen) atoms. The molecule has 1 fully saturated rings. The maximum Gasteiger partial charge on any atom is 0.230 e. The molecule has 0 unspecified atom stereocenters. The van der Waals surface area contributed by atoms with Crippen molar-refractivity contribution in [1.29, 1.82) is 0 Å². The zero-order valence-electron chi connectivity index (χ0n) is 12.2. The lowest BCUT2D eigenvalue weighted by Crippen LogP contribution is -2.35. The highest BCUT2D eigenvalue weighted by molar-refractivity contribution is 5.97. The number of hydrogen-bond acceptors (Lipinski definition) is 1. The van der Waals surface area contributed by atoms with Crippen LogP contribution in [0.2, 0.25) is 0 Å². The van der Waals surface area contributed by atoms with E-state index in [1.165, 1.54) is 5.39 Å². The van der Waals surface area contributed by atoms with Gasteiger partial charge < -0.3 is 10.3 Å². The van der Waals surface area contributed by atoms with Crippen LogP contribution in [0.3, 0.4) is 0 Å². The standard InChI is InChI=1S/C17H22N2O/c1-12(2)7-10-18-16(20)17(8-9-17)14-11-19-15-6-4-3-5-13(14)15/h3-6,11-12,19H,7-10H2,1-2H3,(H,18,20). The lowest BCUT2D eigenvalue weighted by atomic mass is 9.94. The summed E-state index contributed by atoms with van der Waals surface area (Å²) in [6, 6.07) is 8.21. The quantitative estimate of drug-likeness (QED) is 0.859. The topological polar surface area (TPSA) is 44.9 Å². The van der Waals surface area contributed by atoms with Gasteiger partial charge in [-0.05, 0) is 36.8 Å². The smallest absolute Gasteiger partial charge is 0.230 e. The summed E-state index contributed by atoms with van der Waals surface area (Å²) in [5.74, 6) is 0.821. The number of para-hydroxylation sites is 1. The fraction of sp³-hybridized carbons (Fsp3) is 0.471. The SMILES string of the molecule is CC(C)CCNC(=O)C1(c2c[nH]c3ccccc23)CC1. The van der Waals surface area contributed by atoms with Crippen molar-refractivity contribution < 1.29 is 4.79 Å². The summed E-state index contributed by atoms with van der Waals surface area (Å²) < 4.78 is 0. The number of H-pyrrole nitrogens is 1. The van der Waals surface area contributed by atoms with Crippen molar-refractivity contribution in [2.45, 2.75) is 38.5 Å². The average molecular weight is 270 g/mol. The molecule has 0 spiro atoms. The summed E-state index contributed by atoms with van der Waals surface area (Å²) in [5.41, 5.74) is 2.00. The first-order chi connectivity index (χ1) is 9.63. The zero-order chi connectivity index (χ0) is 14.2. The monoisotopic (exact) mass is 270 g/mol. The fourth-order valence-electron chi connectivity index (χ4n) is 2.85. The van der Waals surface area contributed by atoms with Gasteiger partial charge in [0.15, 0.2) is 0 Å². The number of amides is 1. The van der Waals surface area contributed by atoms with Crippen molar-refractivity contribution in [3.63, 3.8) is 0 Å². The van der Waals surface area contributed by atoms with Gasteiger partial charge in [0.25, 0.3) is 0 Å². The van der Waals surface area contributed by atoms with Crippen LogP contribution in [-0.2, 0) is 10.2 Å². The Labute approximate surface area is 119 Å². The van der Waals surface area contributed by atoms with Gasteiger partial charge in [0.1, 0.15) is 0 Å². The first-order valence-electron chi connectivity index (χ1n) is 7.48. The summed E-state index contributed by atoms with van der Waals surface area (Å²) >= 11 is 0. The van der Waals surface area contributed by atoms with Crippen LogP contribution in [0.15, 0.2) is 30.5 Å². The first kappa shape index (κ1) is 13.2. The van der Waals surface area contributed by atoms with Crippen LogP contribution in [0.4, 0.5) is 0 Å². The zero-order valence-corrected chi connectivity index (χ0v) is 12.2. The van der Waals surface area contributed by atoms with E-state index in [-0.39, 0.29) is 11.3 Å². The number of fused-ring (bicyclic) bond motifs is 1. The molecule has 1 saturated carbocycles. The third kappa shape index (κ3) is 2.21. The van der Waals surface area contributed by atoms with Gasteiger partial charge in [-0.1, -0.05) is 32.0 Å². The predicted molar refractivity (Wildman–Crippen MR) is 81.7 cm³/mol. The van der Waals surface area contributed by atoms with Crippen LogP contribution in [0.25, 0.3) is 10.9 Å². The van der Waals surface area contributed by atoms with Gasteiger partial charge in [0.2, 0.25) is 5.91 Å². The normalized spacial score (nSPS) is 16.6. The minimum absolute atomic E-state index is 0.197. The summed E-state index contributed by atoms with van der Waals surface area (Å²) in [6.45, 7) is 5.14. The van der Waals surface area contributed by atoms with E-state index in [1.807, 2.05) is 18.3 Å². The number of nitrogens with one attached hydrogen (secondary N) is 2. The lowest BCUT2D eigenvalue weighted by molar-refractivity contribution is -0.123. The Morgan fingerprint density at radius 1 is 1.35 bits per heavy atom. The molecule has 1 aromatic heterocycles. The number of hydrogen-bond donors (Lipinski definition) is 2. The Hall–Kier alpha value is -1.77. The van der Waals surface area contributed by atoms with Gasteiger partial charge in [-0.25, -0.2) is 0 Å². The molecule has 3 nitrogen and oxygen atoms in total. The summed E-state index contributed by atoms with van der Waals surface area (Å²) in [5, 5.41) is 4.30. The van der Waals surface area contributed by atoms with E-state index < -0.39 is 0 Å². The maximum atomic E-state index is 12.5. The van der Waals surface area contributed by atoms with Gasteiger partial charge in [-0.2, -0.15) is 0 Å². The van der Waals surface area contributed by atoms with Crippen molar-refractivity contribution in [2.24, 2.45) is 5.92 Å². The molecule has 1 aliphatic carbocycles. The molecule has 2 aromatic rings. The summed E-state index contributed by atoms with van der Waals surface area (Å²) in [7, 11) is 0. The molecule has 0 aliphatic heterocycles. The van der Waals surface area contributed by atoms with E-state index in [9.17, 15) is 4.79 Å². The second-order valence-corrected chi connectivity index (χ2v) is 6.27. The molecule has 106 valence electrons. The predicted octanol–water partition coefficient (Wildman–Crippen LogP) is 3.36. The highest BCUT2D eigenvalue weighted by Crippen LogP contribution is 2.50. The van der Waals surface area contributed by atoms with E-state index in [1.54, 1.807) is 0 Å². The van der Waals surface area contributed by atoms with Gasteiger partial charge in [0, 0.05) is 23.6 Å². The van der Waals surface area contributed by atoms with Gasteiger partial charge in [-0.15, -0.1) is 0 Å². The van der Waals surface area contributed by atoms with Crippen LogP contribution in [0.1, 0.15) is 38.7 Å². The fourth-order valence-corrected chi connectivity index (χ4v) is 2.85. The van der Waals surface area contributed by atoms with E-state index in [4.69, 9.17) is 0 Å². The number of rotatable bonds is 5. The number of benzene rings is 1. The lowest BCUT2D eigenvalue weighted by Gasteiger charge is -2.15. The minimum Gasteiger partial charge on any atom is -0.361 e. The first-order valence-corrected chi connectivity index (χ1v) is 7.48. The molecule has 0 saturated heterocycles. The van der Waals surface area contributed by atoms with E-state index in [0.717, 1.165) is 36.9 Å². The van der Waals surface area contributed by atoms with E-state index in [2.05, 4.69) is 36.3 Å². The van der Waals surface area contributed by atoms with E-state index >= 15 is 0 Å². The largest absolute Gasteiger partial charge is 0.361 e. The highest BCUT2D eigenvalue weighted by atomic mass is 16.2. The Balaban J connectivity index is 1.80. The third-order valence-corrected chi connectivity index (χ3v) is 4.30. The van der Waals surface area contributed by atoms with Crippen LogP contribution >= 0.6 is 0 Å². The highest BCUT2D eigenvalue weighted by Gasteiger charge is 2.52. The van der Waals surface area contributed by atoms with Crippen LogP contribution in [0, 0.1) is 5.92 Å². The molecule has 1 aromatic carbocycles. The molecule has 0 bridgehead atoms. The molecule has 1 amide bonds. The van der Waals surface area contributed by atoms with E-state index in [0.29, 0.717) is 5.92 Å². The molecular weight excluding hydrogens is 248 g/mol. The van der Waals surface area contributed by atoms with Crippen molar-refractivity contribution in [2.75, 3.05) is 6.54 Å². The van der Waals surface area contributed by atoms with Gasteiger partial charge in [0.05, 0.1) is 5.41 Å². The summed E-state index contributed by atoms with van der Waals surface area (Å²) in [6.07, 6.45) is 4.97. The molecule has 3 rings (SSSR count). The van der Waals surface area contributed by atoms with Crippen LogP contribution in [-0.4, -0.2) is 17.4 Å². The summed E-state index contributed by atoms with van der Waals surface area (Å²) in [4.78, 5) is 15.8. The average Bonchev–Trinajstić information content (AvgIpc) is 3.12. The minimum atomic E-state index is -0.281. The second-order valence-electron chi connectivity index (χ2n) is 6.27. The molecule has 3 heteroatoms. The number of aromatic amines is 1. The molecule has 1 heterocycles. The molecule has 0 atom stereocenters. The van der Waals surface area contributed by atoms with Gasteiger partial charge >= 0.3 is 0 Å². The van der Waals surface area contributed by atoms with Crippen LogP contribution in [0.5, 0.6) is 0 Å². The Morgan fingerprint density at radius 3 is 2.80 bits per heavy atom. The van der Waals surface area contributed by atoms with Crippen LogP contribution < -0.4 is 5.32 Å². The molecular formula is C17H22N2O. The maximum absolute atomic E-state index is 12.5. The molecule has 0 radical (unpaired) electrons. The van der Waals surface area contributed by atoms with Crippen molar-refractivity contribution in [3.05, 3.63) is 36.0 Å². The Bertz CT molecular complexity index is 623. The molecule has 1 aliphatic rings. The Kier molecular flexibility index (Phi) is 3.28. The van der Waals surface area contributed by atoms with Crippen molar-refractivity contribution >= 4 is 16.8 Å². The second kappa shape index (κ2) is 4.97. The number of carbonyl (C=O) groups is 1. The van der Waals surface area contributed by atoms with Gasteiger partial charge in [-0.3, -0.25) is 4.79 Å². The Morgan fingerprint density at radius 2 is 2.10 bits per heavy atom.